The first-order valence-corrected chi connectivity index (χ1v) is 2.72. The van der Waals surface area contributed by atoms with Crippen molar-refractivity contribution in [3.63, 3.8) is 0 Å². The van der Waals surface area contributed by atoms with Crippen LogP contribution in [0.1, 0.15) is 12.8 Å². The second kappa shape index (κ2) is 4.14. The third-order valence-electron chi connectivity index (χ3n) is 1.10. The maximum absolute atomic E-state index is 9.73. The topological polar surface area (TPSA) is 74.6 Å². The molecule has 0 amide bonds. The predicted molar refractivity (Wildman–Crippen MR) is 32.7 cm³/mol. The summed E-state index contributed by atoms with van der Waals surface area (Å²) in [6.45, 7) is -0.628. The van der Waals surface area contributed by atoms with E-state index < -0.39 is 12.2 Å². The van der Waals surface area contributed by atoms with Crippen molar-refractivity contribution in [2.75, 3.05) is 6.61 Å². The molecule has 0 saturated carbocycles. The van der Waals surface area contributed by atoms with Crippen LogP contribution in [0.5, 0.6) is 0 Å². The van der Waals surface area contributed by atoms with Gasteiger partial charge >= 0.3 is 0 Å². The van der Waals surface area contributed by atoms with E-state index in [4.69, 9.17) is 10.2 Å². The molecule has 0 saturated heterocycles. The molecule has 0 aromatic rings. The summed E-state index contributed by atoms with van der Waals surface area (Å²) in [4.78, 5) is 19.5. The minimum absolute atomic E-state index is 0.362. The highest BCUT2D eigenvalue weighted by Crippen LogP contribution is 2.10. The van der Waals surface area contributed by atoms with Crippen LogP contribution < -0.4 is 0 Å². The van der Waals surface area contributed by atoms with E-state index in [0.29, 0.717) is 0 Å². The molecule has 0 aromatic carbocycles. The van der Waals surface area contributed by atoms with Gasteiger partial charge in [-0.3, -0.25) is 9.59 Å². The summed E-state index contributed by atoms with van der Waals surface area (Å²) < 4.78 is 0. The van der Waals surface area contributed by atoms with Gasteiger partial charge in [-0.2, -0.15) is 0 Å². The Balaban J connectivity index is 3.92. The Morgan fingerprint density at radius 3 is 1.80 bits per heavy atom. The average molecular weight is 144 g/mol. The number of carbonyl (C=O) groups excluding carboxylic acids is 2. The Labute approximate surface area is 58.5 Å². The van der Waals surface area contributed by atoms with E-state index >= 15 is 0 Å². The minimum Gasteiger partial charge on any atom is -0.393 e. The lowest BCUT2D eigenvalue weighted by molar-refractivity contribution is -0.00260. The molecular formula is C6H8O4. The summed E-state index contributed by atoms with van der Waals surface area (Å²) in [7, 11) is 0. The maximum atomic E-state index is 9.73. The number of aliphatic hydroxyl groups is 2. The van der Waals surface area contributed by atoms with Gasteiger partial charge in [-0.15, -0.1) is 0 Å². The van der Waals surface area contributed by atoms with Crippen molar-refractivity contribution in [2.45, 2.75) is 18.4 Å². The van der Waals surface area contributed by atoms with E-state index in [1.807, 2.05) is 0 Å². The summed E-state index contributed by atoms with van der Waals surface area (Å²) in [5.41, 5.74) is -1.65. The fourth-order valence-electron chi connectivity index (χ4n) is 0.443. The van der Waals surface area contributed by atoms with Gasteiger partial charge in [0.05, 0.1) is 6.61 Å². The van der Waals surface area contributed by atoms with Crippen molar-refractivity contribution >= 4 is 12.6 Å². The molecule has 0 unspecified atom stereocenters. The first kappa shape index (κ1) is 9.26. The summed E-state index contributed by atoms with van der Waals surface area (Å²) in [5, 5.41) is 17.5. The van der Waals surface area contributed by atoms with Gasteiger partial charge < -0.3 is 10.2 Å². The van der Waals surface area contributed by atoms with Crippen LogP contribution in [0, 0.1) is 0 Å². The van der Waals surface area contributed by atoms with Crippen molar-refractivity contribution in [3.05, 3.63) is 0 Å². The highest BCUT2D eigenvalue weighted by Gasteiger charge is 2.25. The molecule has 4 nitrogen and oxygen atoms in total. The van der Waals surface area contributed by atoms with E-state index in [0.717, 1.165) is 0 Å². The second-order valence-electron chi connectivity index (χ2n) is 2.02. The predicted octanol–water partition coefficient (Wildman–Crippen LogP) is -1.29. The third-order valence-corrected chi connectivity index (χ3v) is 1.10. The summed E-state index contributed by atoms with van der Waals surface area (Å²) in [5.74, 6) is 0. The zero-order valence-electron chi connectivity index (χ0n) is 5.33. The van der Waals surface area contributed by atoms with Crippen LogP contribution in [-0.2, 0) is 9.59 Å². The van der Waals surface area contributed by atoms with Gasteiger partial charge in [0.15, 0.2) is 0 Å². The quantitative estimate of drug-likeness (QED) is 0.503. The van der Waals surface area contributed by atoms with E-state index in [9.17, 15) is 9.59 Å². The lowest BCUT2D eigenvalue weighted by Crippen LogP contribution is -2.33. The van der Waals surface area contributed by atoms with Crippen LogP contribution in [0.3, 0.4) is 0 Å². The Hall–Kier alpha value is -0.740. The lowest BCUT2D eigenvalue weighted by Gasteiger charge is -2.18. The Bertz CT molecular complexity index is 111. The monoisotopic (exact) mass is 144 g/mol. The van der Waals surface area contributed by atoms with Gasteiger partial charge in [0.25, 0.3) is 0 Å². The van der Waals surface area contributed by atoms with Crippen LogP contribution in [0.15, 0.2) is 0 Å². The Morgan fingerprint density at radius 1 is 1.20 bits per heavy atom. The highest BCUT2D eigenvalue weighted by molar-refractivity contribution is 5.57. The number of hydrogen-bond acceptors (Lipinski definition) is 4. The van der Waals surface area contributed by atoms with E-state index in [1.165, 1.54) is 12.6 Å². The smallest absolute Gasteiger partial charge is 0.201 e. The van der Waals surface area contributed by atoms with Gasteiger partial charge in [-0.05, 0) is 0 Å². The Kier molecular flexibility index (Phi) is 3.83. The van der Waals surface area contributed by atoms with Crippen LogP contribution in [0.2, 0.25) is 0 Å². The molecule has 0 fully saturated rings. The fraction of sp³-hybridized carbons (Fsp3) is 0.667. The molecule has 0 atom stereocenters. The van der Waals surface area contributed by atoms with Gasteiger partial charge in [-0.25, -0.2) is 0 Å². The minimum atomic E-state index is -1.65. The summed E-state index contributed by atoms with van der Waals surface area (Å²) in [6.07, 6.45) is 2.09. The molecule has 10 heavy (non-hydrogen) atoms. The van der Waals surface area contributed by atoms with Crippen molar-refractivity contribution in [3.8, 4) is 0 Å². The molecule has 0 bridgehead atoms. The van der Waals surface area contributed by atoms with Crippen molar-refractivity contribution in [1.29, 1.82) is 0 Å². The second-order valence-corrected chi connectivity index (χ2v) is 2.02. The van der Waals surface area contributed by atoms with Crippen LogP contribution in [-0.4, -0.2) is 35.0 Å². The molecule has 0 heterocycles. The van der Waals surface area contributed by atoms with Crippen molar-refractivity contribution in [1.82, 2.24) is 0 Å². The molecular weight excluding hydrogens is 136 g/mol. The van der Waals surface area contributed by atoms with Gasteiger partial charge in [0.2, 0.25) is 12.6 Å². The zero-order chi connectivity index (χ0) is 8.04. The maximum Gasteiger partial charge on any atom is 0.201 e. The van der Waals surface area contributed by atoms with Gasteiger partial charge in [0.1, 0.15) is 5.60 Å². The van der Waals surface area contributed by atoms with Crippen molar-refractivity contribution in [2.24, 2.45) is 0 Å². The van der Waals surface area contributed by atoms with Gasteiger partial charge in [0, 0.05) is 12.8 Å². The Morgan fingerprint density at radius 2 is 1.60 bits per heavy atom. The molecule has 0 rings (SSSR count). The van der Waals surface area contributed by atoms with Crippen molar-refractivity contribution < 1.29 is 19.8 Å². The number of rotatable bonds is 5. The first-order chi connectivity index (χ1) is 4.68. The number of aliphatic hydroxyl groups excluding tert-OH is 1. The van der Waals surface area contributed by atoms with E-state index in [2.05, 4.69) is 0 Å². The van der Waals surface area contributed by atoms with Crippen LogP contribution in [0.25, 0.3) is 0 Å². The molecule has 0 aliphatic carbocycles. The summed E-state index contributed by atoms with van der Waals surface area (Å²) in [6, 6.07) is 0. The third kappa shape index (κ3) is 2.70. The SMILES string of the molecule is O=[C]CC(O)(CO)C[C]=O. The zero-order valence-corrected chi connectivity index (χ0v) is 5.33. The lowest BCUT2D eigenvalue weighted by atomic mass is 9.99. The molecule has 0 aliphatic rings. The van der Waals surface area contributed by atoms with E-state index in [-0.39, 0.29) is 12.8 Å². The van der Waals surface area contributed by atoms with Gasteiger partial charge in [-0.1, -0.05) is 0 Å². The molecule has 0 aromatic heterocycles. The first-order valence-electron chi connectivity index (χ1n) is 2.72. The summed E-state index contributed by atoms with van der Waals surface area (Å²) >= 11 is 0. The fourth-order valence-corrected chi connectivity index (χ4v) is 0.443. The molecule has 56 valence electrons. The average Bonchev–Trinajstić information content (AvgIpc) is 1.89. The highest BCUT2D eigenvalue weighted by atomic mass is 16.3. The molecule has 2 N–H and O–H groups in total. The molecule has 0 aliphatic heterocycles. The van der Waals surface area contributed by atoms with Crippen LogP contribution in [0.4, 0.5) is 0 Å². The normalized spacial score (nSPS) is 11.0. The number of hydrogen-bond donors (Lipinski definition) is 2. The largest absolute Gasteiger partial charge is 0.393 e. The molecule has 4 heteroatoms. The molecule has 0 spiro atoms. The standard InChI is InChI=1S/C6H8O4/c7-3-1-6(10,5-9)2-4-8/h9-10H,1-2,5H2. The van der Waals surface area contributed by atoms with E-state index in [1.54, 1.807) is 0 Å². The molecule has 2 radical (unpaired) electrons. The van der Waals surface area contributed by atoms with Crippen LogP contribution >= 0.6 is 0 Å².